The first-order chi connectivity index (χ1) is 68.9. The maximum Gasteiger partial charge on any atom is 0.501 e. The lowest BCUT2D eigenvalue weighted by Gasteiger charge is -2.37. The summed E-state index contributed by atoms with van der Waals surface area (Å²) in [4.78, 5) is 12.7. The van der Waals surface area contributed by atoms with Gasteiger partial charge in [-0.2, -0.15) is 26.3 Å². The highest BCUT2D eigenvalue weighted by Crippen LogP contribution is 2.59. The number of hydrogen-bond donors (Lipinski definition) is 0. The Kier molecular flexibility index (Phi) is 34.3. The summed E-state index contributed by atoms with van der Waals surface area (Å²) in [6.45, 7) is 17.1. The Hall–Kier alpha value is -9.62. The number of anilines is 6. The zero-order valence-electron chi connectivity index (χ0n) is 82.9. The van der Waals surface area contributed by atoms with Crippen molar-refractivity contribution < 1.29 is 87.0 Å². The molecule has 4 saturated heterocycles. The van der Waals surface area contributed by atoms with Gasteiger partial charge >= 0.3 is 26.1 Å². The van der Waals surface area contributed by atoms with Crippen LogP contribution < -0.4 is 39.5 Å². The minimum absolute atomic E-state index is 0.000991. The van der Waals surface area contributed by atoms with Crippen molar-refractivity contribution >= 4 is 146 Å². The van der Waals surface area contributed by atoms with Crippen LogP contribution in [0.5, 0.6) is 0 Å². The molecule has 12 aromatic rings. The number of thioether (sulfide) groups is 2. The van der Waals surface area contributed by atoms with E-state index in [1.807, 2.05) is 196 Å². The summed E-state index contributed by atoms with van der Waals surface area (Å²) in [6.07, 6.45) is 3.65. The summed E-state index contributed by atoms with van der Waals surface area (Å²) in [5.41, 5.74) is -1.82. The molecule has 2 aromatic heterocycles. The Morgan fingerprint density at radius 1 is 0.397 bits per heavy atom. The monoisotopic (exact) mass is 2200 g/mol. The number of nitrogens with zero attached hydrogens (tertiary/aromatic N) is 10. The molecule has 40 heteroatoms. The van der Waals surface area contributed by atoms with Crippen molar-refractivity contribution in [1.29, 1.82) is 0 Å². The van der Waals surface area contributed by atoms with E-state index in [2.05, 4.69) is 19.6 Å². The van der Waals surface area contributed by atoms with Gasteiger partial charge in [-0.15, -0.1) is 23.5 Å². The molecule has 6 heterocycles. The van der Waals surface area contributed by atoms with Gasteiger partial charge in [0.05, 0.1) is 67.9 Å². The van der Waals surface area contributed by atoms with E-state index in [0.717, 1.165) is 44.4 Å². The summed E-state index contributed by atoms with van der Waals surface area (Å²) < 4.78 is 274. The van der Waals surface area contributed by atoms with Gasteiger partial charge in [-0.3, -0.25) is 18.5 Å². The van der Waals surface area contributed by atoms with E-state index >= 15 is 8.78 Å². The van der Waals surface area contributed by atoms with E-state index < -0.39 is 86.8 Å². The normalized spacial score (nSPS) is 17.3. The topological polar surface area (TPSA) is 225 Å². The molecule has 22 nitrogen and oxygen atoms in total. The molecule has 4 atom stereocenters. The summed E-state index contributed by atoms with van der Waals surface area (Å²) in [5.74, 6) is -0.323. The van der Waals surface area contributed by atoms with Crippen molar-refractivity contribution in [3.05, 3.63) is 275 Å². The smallest absolute Gasteiger partial charge is 0.368 e. The Bertz CT molecular complexity index is 6880. The van der Waals surface area contributed by atoms with Crippen LogP contribution in [-0.4, -0.2) is 208 Å². The number of alkyl halides is 6. The number of rotatable bonds is 34. The molecule has 0 aliphatic carbocycles. The summed E-state index contributed by atoms with van der Waals surface area (Å²) >= 11 is 15.6. The van der Waals surface area contributed by atoms with Gasteiger partial charge in [-0.1, -0.05) is 96.0 Å². The molecule has 0 bridgehead atoms. The van der Waals surface area contributed by atoms with Gasteiger partial charge in [-0.25, -0.2) is 42.5 Å². The van der Waals surface area contributed by atoms with Crippen LogP contribution in [-0.2, 0) is 70.4 Å². The second-order valence-electron chi connectivity index (χ2n) is 38.1. The predicted molar refractivity (Wildman–Crippen MR) is 574 cm³/mol. The molecule has 4 aliphatic rings. The number of benzene rings is 10. The van der Waals surface area contributed by atoms with Crippen LogP contribution in [0.1, 0.15) is 75.1 Å². The van der Waals surface area contributed by atoms with Crippen molar-refractivity contribution in [2.24, 2.45) is 11.8 Å². The zero-order chi connectivity index (χ0) is 105. The molecule has 0 spiro atoms. The van der Waals surface area contributed by atoms with Crippen LogP contribution in [0.25, 0.3) is 44.8 Å². The lowest BCUT2D eigenvalue weighted by Crippen LogP contribution is -2.46. The molecule has 0 saturated carbocycles. The van der Waals surface area contributed by atoms with Gasteiger partial charge < -0.3 is 47.6 Å². The SMILES string of the molecule is Cc1c(S(C)(=O)=O)c(-c2cc(F)cc(N3CCN(c4ccc(N5CCO[P@@]5(=O)c5ccc(C[C@H](CCN(C)C)CSc6ccccc6)c(S(=O)(=O)C(F)(F)F)c5)cc4)CC3)c2)c(-c2ccc(Cl)cc2)n1C(C)C.Cc1c(S(C)(=O)=O)c(-c2cc(F)cc(N3CCN(c4ccc(N5CCO[P@]5(=O)c5ccc(C[C@H](CCN(C)C)CSc6ccccc6)c(S(=O)(=O)C(F)(F)F)c5)cc4)CC3)c2)c(-c2ccc(Cl)cc2)n1C(C)C. The third kappa shape index (κ3) is 24.5. The zero-order valence-corrected chi connectivity index (χ0v) is 91.1. The molecular weight excluding hydrogens is 2080 g/mol. The first kappa shape index (κ1) is 111. The highest BCUT2D eigenvalue weighted by Gasteiger charge is 2.52. The number of halogens is 10. The Balaban J connectivity index is 0.000000219. The van der Waals surface area contributed by atoms with Crippen LogP contribution in [0.3, 0.4) is 0 Å². The highest BCUT2D eigenvalue weighted by atomic mass is 35.5. The van der Waals surface area contributed by atoms with Gasteiger partial charge in [0.25, 0.3) is 19.7 Å². The molecule has 0 unspecified atom stereocenters. The lowest BCUT2D eigenvalue weighted by atomic mass is 9.97. The van der Waals surface area contributed by atoms with E-state index in [1.165, 1.54) is 70.4 Å². The minimum atomic E-state index is -5.86. The predicted octanol–water partition coefficient (Wildman–Crippen LogP) is 23.6. The number of aromatic nitrogens is 2. The standard InChI is InChI=1S/2C53H59ClF4N5O6PS3/c2*1-36(2)63-37(3)52(72(6,65)66)50(51(63)39-12-15-42(54)16-13-39)41-31-43(55)33-46(32-41)61-26-24-60(25-27-61)44-17-19-45(20-18-44)62-28-29-69-70(62,64)47-21-14-40(49(34-47)73(67,68)53(56,57)58)30-38(22-23-59(4)5)35-71-48-10-8-7-9-11-48/h2*7-21,31-34,36,38H,22-30,35H2,1-6H3/t38-,70+;38-,70-/m00/s1. The Morgan fingerprint density at radius 2 is 0.712 bits per heavy atom. The minimum Gasteiger partial charge on any atom is -0.368 e. The maximum absolute atomic E-state index is 15.8. The van der Waals surface area contributed by atoms with Crippen molar-refractivity contribution in [2.75, 3.05) is 173 Å². The molecule has 4 aliphatic heterocycles. The fourth-order valence-corrected chi connectivity index (χ4v) is 31.2. The summed E-state index contributed by atoms with van der Waals surface area (Å²) in [7, 11) is -19.9. The Morgan fingerprint density at radius 3 is 1.01 bits per heavy atom. The van der Waals surface area contributed by atoms with Crippen molar-refractivity contribution in [1.82, 2.24) is 18.9 Å². The average molecular weight is 2200 g/mol. The fourth-order valence-electron chi connectivity index (χ4n) is 19.7. The molecule has 10 aromatic carbocycles. The van der Waals surface area contributed by atoms with Crippen LogP contribution in [0.15, 0.2) is 260 Å². The highest BCUT2D eigenvalue weighted by molar-refractivity contribution is 7.99. The van der Waals surface area contributed by atoms with E-state index in [-0.39, 0.29) is 94.6 Å². The molecule has 4 fully saturated rings. The van der Waals surface area contributed by atoms with Gasteiger partial charge in [-0.05, 0) is 311 Å². The first-order valence-electron chi connectivity index (χ1n) is 47.8. The van der Waals surface area contributed by atoms with Gasteiger partial charge in [0, 0.05) is 165 Å². The second-order valence-corrected chi connectivity index (χ2v) is 53.5. The summed E-state index contributed by atoms with van der Waals surface area (Å²) in [5, 5.41) is 0.745. The van der Waals surface area contributed by atoms with E-state index in [4.69, 9.17) is 32.2 Å². The number of sulfone groups is 4. The maximum atomic E-state index is 15.8. The first-order valence-corrected chi connectivity index (χ1v) is 60.4. The number of hydrogen-bond acceptors (Lipinski definition) is 20. The lowest BCUT2D eigenvalue weighted by molar-refractivity contribution is -0.0442. The molecule has 0 amide bonds. The molecule has 780 valence electrons. The summed E-state index contributed by atoms with van der Waals surface area (Å²) in [6, 6.07) is 64.3. The van der Waals surface area contributed by atoms with E-state index in [0.29, 0.717) is 168 Å². The van der Waals surface area contributed by atoms with Crippen LogP contribution >= 0.6 is 61.8 Å². The Labute approximate surface area is 869 Å². The molecule has 146 heavy (non-hydrogen) atoms. The third-order valence-corrected chi connectivity index (χ3v) is 40.3. The van der Waals surface area contributed by atoms with E-state index in [9.17, 15) is 69.1 Å². The van der Waals surface area contributed by atoms with Crippen molar-refractivity contribution in [2.45, 2.75) is 120 Å². The average Bonchev–Trinajstić information content (AvgIpc) is 1.58. The quantitative estimate of drug-likeness (QED) is 0.0208. The molecule has 0 radical (unpaired) electrons. The van der Waals surface area contributed by atoms with Crippen molar-refractivity contribution in [3.63, 3.8) is 0 Å². The van der Waals surface area contributed by atoms with Crippen LogP contribution in [0.2, 0.25) is 10.0 Å². The fraction of sp³-hybridized carbons (Fsp3) is 0.358. The molecule has 0 N–H and O–H groups in total. The van der Waals surface area contributed by atoms with Gasteiger partial charge in [0.15, 0.2) is 19.7 Å². The molecule has 16 rings (SSSR count). The van der Waals surface area contributed by atoms with E-state index in [1.54, 1.807) is 85.9 Å². The van der Waals surface area contributed by atoms with Crippen LogP contribution in [0, 0.1) is 37.3 Å². The number of piperazine rings is 2. The molecular formula is C106H118Cl2F8N10O12P2S6. The van der Waals surface area contributed by atoms with Gasteiger partial charge in [0.2, 0.25) is 0 Å². The van der Waals surface area contributed by atoms with Gasteiger partial charge in [0.1, 0.15) is 11.6 Å². The largest absolute Gasteiger partial charge is 0.501 e. The van der Waals surface area contributed by atoms with Crippen molar-refractivity contribution in [3.8, 4) is 44.8 Å². The van der Waals surface area contributed by atoms with Crippen LogP contribution in [0.4, 0.5) is 69.2 Å². The second kappa shape index (κ2) is 45.3. The third-order valence-electron chi connectivity index (χ3n) is 26.6.